The van der Waals surface area contributed by atoms with Gasteiger partial charge in [0.25, 0.3) is 0 Å². The van der Waals surface area contributed by atoms with Gasteiger partial charge < -0.3 is 9.47 Å². The van der Waals surface area contributed by atoms with E-state index in [9.17, 15) is 9.59 Å². The topological polar surface area (TPSA) is 64.6 Å². The molecule has 0 heterocycles. The Morgan fingerprint density at radius 3 is 2.21 bits per heavy atom. The second-order valence-electron chi connectivity index (χ2n) is 9.95. The molecule has 0 aromatic heterocycles. The molecule has 196 valence electrons. The first kappa shape index (κ1) is 27.1. The van der Waals surface area contributed by atoms with E-state index in [4.69, 9.17) is 9.47 Å². The quantitative estimate of drug-likeness (QED) is 0.239. The zero-order valence-electron chi connectivity index (χ0n) is 22.2. The van der Waals surface area contributed by atoms with E-state index in [1.165, 1.54) is 17.9 Å². The van der Waals surface area contributed by atoms with Crippen molar-refractivity contribution < 1.29 is 19.1 Å². The number of hydrogen-bond donors (Lipinski definition) is 1. The van der Waals surface area contributed by atoms with Gasteiger partial charge in [-0.1, -0.05) is 111 Å². The summed E-state index contributed by atoms with van der Waals surface area (Å²) in [6.07, 6.45) is 0.920. The van der Waals surface area contributed by atoms with Crippen LogP contribution in [0.15, 0.2) is 97.1 Å². The van der Waals surface area contributed by atoms with Crippen molar-refractivity contribution in [2.45, 2.75) is 45.4 Å². The predicted octanol–water partition coefficient (Wildman–Crippen LogP) is 6.34. The van der Waals surface area contributed by atoms with E-state index < -0.39 is 18.1 Å². The standard InChI is InChI=1S/C33H35NO4/c1-23(2)19-30(33(36)38-22-24-11-5-4-6-12-24)34-31(32(35)37-3)21-25-13-9-16-27(20-25)29-18-10-15-26-14-7-8-17-28(26)29/h4-18,20,23,30-31,34H,19,21-22H2,1-3H3/t30-,31?/m0/s1. The fourth-order valence-corrected chi connectivity index (χ4v) is 4.71. The van der Waals surface area contributed by atoms with Crippen molar-refractivity contribution in [2.75, 3.05) is 7.11 Å². The van der Waals surface area contributed by atoms with Crippen molar-refractivity contribution in [1.82, 2.24) is 5.32 Å². The lowest BCUT2D eigenvalue weighted by molar-refractivity contribution is -0.149. The van der Waals surface area contributed by atoms with Crippen LogP contribution in [0.1, 0.15) is 31.4 Å². The first-order valence-corrected chi connectivity index (χ1v) is 13.1. The molecule has 4 aromatic rings. The van der Waals surface area contributed by atoms with Crippen molar-refractivity contribution in [3.8, 4) is 11.1 Å². The fraction of sp³-hybridized carbons (Fsp3) is 0.273. The molecule has 1 N–H and O–H groups in total. The lowest BCUT2D eigenvalue weighted by atomic mass is 9.95. The number of carbonyl (C=O) groups is 2. The van der Waals surface area contributed by atoms with Crippen molar-refractivity contribution in [3.05, 3.63) is 108 Å². The number of rotatable bonds is 11. The highest BCUT2D eigenvalue weighted by atomic mass is 16.5. The molecule has 5 heteroatoms. The average molecular weight is 510 g/mol. The monoisotopic (exact) mass is 509 g/mol. The molecule has 0 saturated heterocycles. The molecule has 0 radical (unpaired) electrons. The van der Waals surface area contributed by atoms with Crippen LogP contribution in [0.5, 0.6) is 0 Å². The van der Waals surface area contributed by atoms with Gasteiger partial charge in [-0.05, 0) is 51.8 Å². The van der Waals surface area contributed by atoms with Crippen LogP contribution in [0, 0.1) is 5.92 Å². The van der Waals surface area contributed by atoms with Crippen LogP contribution in [0.4, 0.5) is 0 Å². The Kier molecular flexibility index (Phi) is 9.28. The maximum absolute atomic E-state index is 13.1. The molecule has 0 bridgehead atoms. The third-order valence-electron chi connectivity index (χ3n) is 6.57. The third-order valence-corrected chi connectivity index (χ3v) is 6.57. The van der Waals surface area contributed by atoms with Crippen LogP contribution >= 0.6 is 0 Å². The molecule has 4 aromatic carbocycles. The van der Waals surface area contributed by atoms with E-state index >= 15 is 0 Å². The van der Waals surface area contributed by atoms with Crippen LogP contribution in [0.2, 0.25) is 0 Å². The minimum Gasteiger partial charge on any atom is -0.468 e. The molecule has 0 aliphatic carbocycles. The Bertz CT molecular complexity index is 1360. The molecule has 0 aliphatic heterocycles. The maximum atomic E-state index is 13.1. The molecule has 0 aliphatic rings. The summed E-state index contributed by atoms with van der Waals surface area (Å²) in [6.45, 7) is 4.27. The van der Waals surface area contributed by atoms with Crippen molar-refractivity contribution >= 4 is 22.7 Å². The summed E-state index contributed by atoms with van der Waals surface area (Å²) in [4.78, 5) is 25.9. The number of fused-ring (bicyclic) bond motifs is 1. The Labute approximate surface area is 224 Å². The van der Waals surface area contributed by atoms with Gasteiger partial charge in [0, 0.05) is 0 Å². The smallest absolute Gasteiger partial charge is 0.323 e. The molecule has 38 heavy (non-hydrogen) atoms. The molecule has 0 amide bonds. The molecule has 0 spiro atoms. The number of ether oxygens (including phenoxy) is 2. The summed E-state index contributed by atoms with van der Waals surface area (Å²) in [5, 5.41) is 5.61. The zero-order valence-corrected chi connectivity index (χ0v) is 22.2. The molecule has 1 unspecified atom stereocenters. The summed E-state index contributed by atoms with van der Waals surface area (Å²) in [6, 6.07) is 31.0. The molecule has 0 saturated carbocycles. The Hall–Kier alpha value is -3.96. The van der Waals surface area contributed by atoms with Crippen molar-refractivity contribution in [3.63, 3.8) is 0 Å². The number of carbonyl (C=O) groups excluding carboxylic acids is 2. The number of methoxy groups -OCH3 is 1. The van der Waals surface area contributed by atoms with E-state index in [0.717, 1.165) is 22.3 Å². The fourth-order valence-electron chi connectivity index (χ4n) is 4.71. The van der Waals surface area contributed by atoms with E-state index in [1.807, 2.05) is 68.4 Å². The van der Waals surface area contributed by atoms with E-state index in [1.54, 1.807) is 0 Å². The molecule has 5 nitrogen and oxygen atoms in total. The summed E-state index contributed by atoms with van der Waals surface area (Å²) in [5.74, 6) is -0.559. The second kappa shape index (κ2) is 13.0. The van der Waals surface area contributed by atoms with Gasteiger partial charge in [-0.3, -0.25) is 14.9 Å². The summed E-state index contributed by atoms with van der Waals surface area (Å²) in [7, 11) is 1.37. The normalized spacial score (nSPS) is 12.7. The van der Waals surface area contributed by atoms with Crippen LogP contribution in [-0.4, -0.2) is 31.1 Å². The number of esters is 2. The van der Waals surface area contributed by atoms with Gasteiger partial charge in [0.15, 0.2) is 0 Å². The van der Waals surface area contributed by atoms with Gasteiger partial charge >= 0.3 is 11.9 Å². The third kappa shape index (κ3) is 7.08. The highest BCUT2D eigenvalue weighted by Gasteiger charge is 2.29. The second-order valence-corrected chi connectivity index (χ2v) is 9.95. The van der Waals surface area contributed by atoms with Crippen LogP contribution in [0.25, 0.3) is 21.9 Å². The van der Waals surface area contributed by atoms with Gasteiger partial charge in [-0.25, -0.2) is 0 Å². The van der Waals surface area contributed by atoms with Crippen LogP contribution in [-0.2, 0) is 32.1 Å². The first-order valence-electron chi connectivity index (χ1n) is 13.1. The van der Waals surface area contributed by atoms with Crippen LogP contribution in [0.3, 0.4) is 0 Å². The number of hydrogen-bond acceptors (Lipinski definition) is 5. The van der Waals surface area contributed by atoms with Gasteiger partial charge in [-0.2, -0.15) is 0 Å². The van der Waals surface area contributed by atoms with Gasteiger partial charge in [0.2, 0.25) is 0 Å². The van der Waals surface area contributed by atoms with Gasteiger partial charge in [0.1, 0.15) is 18.7 Å². The summed E-state index contributed by atoms with van der Waals surface area (Å²) in [5.41, 5.74) is 4.09. The average Bonchev–Trinajstić information content (AvgIpc) is 2.94. The minimum absolute atomic E-state index is 0.186. The Balaban J connectivity index is 1.54. The Morgan fingerprint density at radius 1 is 0.763 bits per heavy atom. The van der Waals surface area contributed by atoms with E-state index in [2.05, 4.69) is 47.8 Å². The number of benzene rings is 4. The largest absolute Gasteiger partial charge is 0.468 e. The predicted molar refractivity (Wildman–Crippen MR) is 152 cm³/mol. The molecule has 4 rings (SSSR count). The minimum atomic E-state index is -0.698. The van der Waals surface area contributed by atoms with Crippen molar-refractivity contribution in [1.29, 1.82) is 0 Å². The van der Waals surface area contributed by atoms with Gasteiger partial charge in [0.05, 0.1) is 7.11 Å². The van der Waals surface area contributed by atoms with Gasteiger partial charge in [-0.15, -0.1) is 0 Å². The first-order chi connectivity index (χ1) is 18.4. The van der Waals surface area contributed by atoms with Crippen LogP contribution < -0.4 is 5.32 Å². The maximum Gasteiger partial charge on any atom is 0.323 e. The van der Waals surface area contributed by atoms with E-state index in [0.29, 0.717) is 12.8 Å². The van der Waals surface area contributed by atoms with Crippen molar-refractivity contribution in [2.24, 2.45) is 5.92 Å². The summed E-state index contributed by atoms with van der Waals surface area (Å²) < 4.78 is 10.7. The highest BCUT2D eigenvalue weighted by molar-refractivity contribution is 5.96. The highest BCUT2D eigenvalue weighted by Crippen LogP contribution is 2.29. The molecular weight excluding hydrogens is 474 g/mol. The van der Waals surface area contributed by atoms with E-state index in [-0.39, 0.29) is 18.5 Å². The molecular formula is C33H35NO4. The lowest BCUT2D eigenvalue weighted by Gasteiger charge is -2.25. The zero-order chi connectivity index (χ0) is 26.9. The molecule has 0 fully saturated rings. The summed E-state index contributed by atoms with van der Waals surface area (Å²) >= 11 is 0. The molecule has 2 atom stereocenters. The SMILES string of the molecule is COC(=O)C(Cc1cccc(-c2cccc3ccccc23)c1)N[C@@H](CC(C)C)C(=O)OCc1ccccc1. The Morgan fingerprint density at radius 2 is 1.45 bits per heavy atom. The lowest BCUT2D eigenvalue weighted by Crippen LogP contribution is -2.49. The number of nitrogens with one attached hydrogen (secondary N) is 1.